The van der Waals surface area contributed by atoms with Crippen LogP contribution in [0.5, 0.6) is 11.5 Å². The molecule has 0 saturated carbocycles. The number of H-pyrrole nitrogens is 1. The van der Waals surface area contributed by atoms with E-state index in [0.29, 0.717) is 11.5 Å². The third-order valence-corrected chi connectivity index (χ3v) is 2.92. The zero-order valence-electron chi connectivity index (χ0n) is 13.4. The fraction of sp³-hybridized carbons (Fsp3) is 0. The summed E-state index contributed by atoms with van der Waals surface area (Å²) in [7, 11) is 9.53. The monoisotopic (exact) mass is 431 g/mol. The van der Waals surface area contributed by atoms with Crippen LogP contribution in [0.1, 0.15) is 11.4 Å². The van der Waals surface area contributed by atoms with Crippen molar-refractivity contribution in [3.63, 3.8) is 0 Å². The molecule has 0 spiro atoms. The normalized spacial score (nSPS) is 10.7. The van der Waals surface area contributed by atoms with Gasteiger partial charge in [-0.25, -0.2) is 0 Å². The molecule has 1 heterocycles. The van der Waals surface area contributed by atoms with E-state index >= 15 is 0 Å². The van der Waals surface area contributed by atoms with Crippen molar-refractivity contribution in [2.45, 2.75) is 0 Å². The quantitative estimate of drug-likeness (QED) is 0.330. The van der Waals surface area contributed by atoms with Crippen molar-refractivity contribution < 1.29 is 22.8 Å². The van der Waals surface area contributed by atoms with E-state index in [1.54, 1.807) is 12.4 Å². The van der Waals surface area contributed by atoms with E-state index in [9.17, 15) is 0 Å². The molecule has 0 aliphatic carbocycles. The Bertz CT molecular complexity index is 746. The number of para-hydroxylation sites is 2. The van der Waals surface area contributed by atoms with Gasteiger partial charge in [0.05, 0.1) is 23.8 Å². The molecule has 8 heteroatoms. The van der Waals surface area contributed by atoms with Gasteiger partial charge in [-0.1, -0.05) is 46.7 Å². The summed E-state index contributed by atoms with van der Waals surface area (Å²) in [6.45, 7) is 0. The summed E-state index contributed by atoms with van der Waals surface area (Å²) in [6.07, 6.45) is 3.20. The first-order valence-corrected chi connectivity index (χ1v) is 10.4. The molecular weight excluding hydrogens is 417 g/mol. The molecule has 26 heavy (non-hydrogen) atoms. The first-order chi connectivity index (χ1) is 12.8. The van der Waals surface area contributed by atoms with Crippen LogP contribution in [-0.4, -0.2) is 17.4 Å². The third kappa shape index (κ3) is 7.76. The van der Waals surface area contributed by atoms with Crippen molar-refractivity contribution in [3.8, 4) is 11.5 Å². The summed E-state index contributed by atoms with van der Waals surface area (Å²) in [5, 5.41) is 7.84. The predicted molar refractivity (Wildman–Crippen MR) is 102 cm³/mol. The Morgan fingerprint density at radius 3 is 1.46 bits per heavy atom. The van der Waals surface area contributed by atoms with Gasteiger partial charge in [-0.15, -0.1) is 0 Å². The Kier molecular flexibility index (Phi) is 9.40. The van der Waals surface area contributed by atoms with E-state index in [4.69, 9.17) is 29.9 Å². The maximum atomic E-state index is 5.25. The molecule has 1 aromatic heterocycles. The molecule has 1 N–H and O–H groups in total. The van der Waals surface area contributed by atoms with Gasteiger partial charge in [0.15, 0.2) is 11.5 Å². The Balaban J connectivity index is 0.000000758. The maximum absolute atomic E-state index is 5.25. The molecule has 0 aliphatic heterocycles. The second-order valence-electron chi connectivity index (χ2n) is 4.70. The zero-order chi connectivity index (χ0) is 18.5. The number of hydrogen-bond donors (Lipinski definition) is 1. The van der Waals surface area contributed by atoms with Crippen LogP contribution < -0.4 is 9.68 Å². The molecule has 136 valence electrons. The van der Waals surface area contributed by atoms with E-state index in [2.05, 4.69) is 15.3 Å². The van der Waals surface area contributed by atoms with Gasteiger partial charge in [0.25, 0.3) is 0 Å². The summed E-state index contributed by atoms with van der Waals surface area (Å²) in [5.41, 5.74) is 1.61. The van der Waals surface area contributed by atoms with Crippen LogP contribution in [0.15, 0.2) is 83.1 Å². The van der Waals surface area contributed by atoms with E-state index in [0.717, 1.165) is 11.4 Å². The van der Waals surface area contributed by atoms with Gasteiger partial charge < -0.3 is 14.7 Å². The van der Waals surface area contributed by atoms with Crippen LogP contribution in [0.4, 0.5) is 0 Å². The van der Waals surface area contributed by atoms with Crippen molar-refractivity contribution >= 4 is 32.6 Å². The summed E-state index contributed by atoms with van der Waals surface area (Å²) in [5.74, 6) is 1.38. The standard InChI is InChI=1S/C18H15N3O2.2ClH.Fe/c1-3-7-17(8-4-1)22-19-13-15-11-12-16(21-15)14-20-23-18-9-5-2-6-10-18;;;/h1-14,21H;2*1H;/q;;;+2/p-2/b19-13+,20-14+;;;. The molecule has 0 bridgehead atoms. The Labute approximate surface area is 166 Å². The SMILES string of the molecule is C(=N\Oc1ccccc1)/c1ccc(/C=N/Oc2ccccc2)[nH]1.[Cl][Fe][Cl]. The van der Waals surface area contributed by atoms with Gasteiger partial charge in [-0.3, -0.25) is 0 Å². The van der Waals surface area contributed by atoms with Crippen molar-refractivity contribution in [1.82, 2.24) is 4.98 Å². The average Bonchev–Trinajstić information content (AvgIpc) is 3.12. The molecule has 5 nitrogen and oxygen atoms in total. The fourth-order valence-corrected chi connectivity index (χ4v) is 1.83. The predicted octanol–water partition coefficient (Wildman–Crippen LogP) is 5.22. The van der Waals surface area contributed by atoms with Crippen LogP contribution in [0, 0.1) is 0 Å². The molecule has 0 fully saturated rings. The van der Waals surface area contributed by atoms with Crippen LogP contribution in [0.2, 0.25) is 0 Å². The Hall–Kier alpha value is -2.24. The number of hydrogen-bond acceptors (Lipinski definition) is 4. The van der Waals surface area contributed by atoms with Crippen molar-refractivity contribution in [2.24, 2.45) is 10.3 Å². The summed E-state index contributed by atoms with van der Waals surface area (Å²) < 4.78 is 0. The molecule has 0 atom stereocenters. The van der Waals surface area contributed by atoms with Crippen LogP contribution in [0.3, 0.4) is 0 Å². The summed E-state index contributed by atoms with van der Waals surface area (Å²) in [6, 6.07) is 22.5. The number of nitrogens with zero attached hydrogens (tertiary/aromatic N) is 2. The van der Waals surface area contributed by atoms with Crippen LogP contribution in [-0.2, 0) is 13.1 Å². The molecule has 0 unspecified atom stereocenters. The molecule has 2 aromatic carbocycles. The summed E-state index contributed by atoms with van der Waals surface area (Å²) in [4.78, 5) is 13.6. The molecule has 3 aromatic rings. The number of rotatable bonds is 6. The Morgan fingerprint density at radius 1 is 0.692 bits per heavy atom. The average molecular weight is 432 g/mol. The van der Waals surface area contributed by atoms with Gasteiger partial charge in [0, 0.05) is 0 Å². The number of oxime groups is 2. The minimum absolute atomic E-state index is 0.194. The van der Waals surface area contributed by atoms with Gasteiger partial charge in [-0.2, -0.15) is 0 Å². The first kappa shape index (κ1) is 20.1. The minimum atomic E-state index is 0.194. The third-order valence-electron chi connectivity index (χ3n) is 2.92. The summed E-state index contributed by atoms with van der Waals surface area (Å²) >= 11 is 0.194. The van der Waals surface area contributed by atoms with Gasteiger partial charge in [0.2, 0.25) is 0 Å². The van der Waals surface area contributed by atoms with Gasteiger partial charge in [0.1, 0.15) is 0 Å². The van der Waals surface area contributed by atoms with Crippen molar-refractivity contribution in [1.29, 1.82) is 0 Å². The zero-order valence-corrected chi connectivity index (χ0v) is 16.0. The first-order valence-electron chi connectivity index (χ1n) is 7.37. The second kappa shape index (κ2) is 12.2. The molecule has 0 amide bonds. The van der Waals surface area contributed by atoms with Gasteiger partial charge in [-0.05, 0) is 36.4 Å². The van der Waals surface area contributed by atoms with Crippen molar-refractivity contribution in [3.05, 3.63) is 84.2 Å². The molecule has 0 aliphatic rings. The topological polar surface area (TPSA) is 59.0 Å². The molecule has 3 rings (SSSR count). The van der Waals surface area contributed by atoms with Crippen LogP contribution in [0.25, 0.3) is 0 Å². The second-order valence-corrected chi connectivity index (χ2v) is 6.52. The van der Waals surface area contributed by atoms with Gasteiger partial charge >= 0.3 is 33.3 Å². The molecule has 0 radical (unpaired) electrons. The van der Waals surface area contributed by atoms with Crippen molar-refractivity contribution in [2.75, 3.05) is 0 Å². The number of nitrogens with one attached hydrogen (secondary N) is 1. The number of aromatic nitrogens is 1. The van der Waals surface area contributed by atoms with Crippen LogP contribution >= 0.6 is 20.2 Å². The Morgan fingerprint density at radius 2 is 1.08 bits per heavy atom. The van der Waals surface area contributed by atoms with E-state index in [1.165, 1.54) is 0 Å². The fourth-order valence-electron chi connectivity index (χ4n) is 1.83. The van der Waals surface area contributed by atoms with E-state index < -0.39 is 0 Å². The number of aromatic amines is 1. The number of benzene rings is 2. The van der Waals surface area contributed by atoms with E-state index in [1.807, 2.05) is 72.8 Å². The molecule has 0 saturated heterocycles. The van der Waals surface area contributed by atoms with E-state index in [-0.39, 0.29) is 13.1 Å². The molecular formula is C18H15Cl2FeN3O2. The number of halogens is 2.